The third-order valence-corrected chi connectivity index (χ3v) is 1.95. The number of nitrogens with zero attached hydrogens (tertiary/aromatic N) is 1. The molecule has 0 aliphatic heterocycles. The number of hydrogen-bond donors (Lipinski definition) is 2. The van der Waals surface area contributed by atoms with Crippen LogP contribution in [-0.4, -0.2) is 18.2 Å². The third-order valence-electron chi connectivity index (χ3n) is 1.95. The summed E-state index contributed by atoms with van der Waals surface area (Å²) in [5.41, 5.74) is 6.16. The number of ether oxygens (including phenoxy) is 1. The van der Waals surface area contributed by atoms with E-state index in [1.165, 1.54) is 19.2 Å². The summed E-state index contributed by atoms with van der Waals surface area (Å²) >= 11 is 0. The standard InChI is InChI=1S/C10H10N2O3/c1-15-9-7(5-12)2-6(4-11)3-8(9)10(13)14/h2-3H,5,12H2,1H3,(H,13,14). The molecule has 0 bridgehead atoms. The van der Waals surface area contributed by atoms with E-state index in [0.29, 0.717) is 5.56 Å². The van der Waals surface area contributed by atoms with E-state index in [9.17, 15) is 4.79 Å². The van der Waals surface area contributed by atoms with Gasteiger partial charge in [-0.25, -0.2) is 4.79 Å². The molecule has 0 radical (unpaired) electrons. The molecule has 78 valence electrons. The first-order chi connectivity index (χ1) is 7.13. The van der Waals surface area contributed by atoms with Gasteiger partial charge in [-0.1, -0.05) is 0 Å². The largest absolute Gasteiger partial charge is 0.496 e. The van der Waals surface area contributed by atoms with Crippen LogP contribution in [0.3, 0.4) is 0 Å². The predicted molar refractivity (Wildman–Crippen MR) is 52.6 cm³/mol. The van der Waals surface area contributed by atoms with Crippen LogP contribution in [0.5, 0.6) is 5.75 Å². The number of rotatable bonds is 3. The molecule has 0 saturated heterocycles. The van der Waals surface area contributed by atoms with Crippen LogP contribution in [0, 0.1) is 11.3 Å². The maximum Gasteiger partial charge on any atom is 0.339 e. The van der Waals surface area contributed by atoms with E-state index < -0.39 is 5.97 Å². The van der Waals surface area contributed by atoms with Crippen LogP contribution < -0.4 is 10.5 Å². The average molecular weight is 206 g/mol. The van der Waals surface area contributed by atoms with Crippen molar-refractivity contribution in [3.63, 3.8) is 0 Å². The van der Waals surface area contributed by atoms with Crippen molar-refractivity contribution < 1.29 is 14.6 Å². The number of carbonyl (C=O) groups is 1. The highest BCUT2D eigenvalue weighted by atomic mass is 16.5. The third kappa shape index (κ3) is 2.06. The van der Waals surface area contributed by atoms with Crippen molar-refractivity contribution in [1.82, 2.24) is 0 Å². The second-order valence-corrected chi connectivity index (χ2v) is 2.84. The van der Waals surface area contributed by atoms with Crippen molar-refractivity contribution in [3.8, 4) is 11.8 Å². The number of benzene rings is 1. The van der Waals surface area contributed by atoms with Gasteiger partial charge in [-0.15, -0.1) is 0 Å². The van der Waals surface area contributed by atoms with Gasteiger partial charge < -0.3 is 15.6 Å². The van der Waals surface area contributed by atoms with Crippen molar-refractivity contribution in [1.29, 1.82) is 5.26 Å². The zero-order valence-corrected chi connectivity index (χ0v) is 8.15. The van der Waals surface area contributed by atoms with Crippen molar-refractivity contribution >= 4 is 5.97 Å². The molecule has 0 unspecified atom stereocenters. The predicted octanol–water partition coefficient (Wildman–Crippen LogP) is 0.724. The molecular formula is C10H10N2O3. The first-order valence-electron chi connectivity index (χ1n) is 4.18. The van der Waals surface area contributed by atoms with Crippen LogP contribution in [0.4, 0.5) is 0 Å². The van der Waals surface area contributed by atoms with Crippen LogP contribution in [-0.2, 0) is 6.54 Å². The fourth-order valence-corrected chi connectivity index (χ4v) is 1.31. The highest BCUT2D eigenvalue weighted by molar-refractivity contribution is 5.92. The summed E-state index contributed by atoms with van der Waals surface area (Å²) in [6, 6.07) is 4.66. The van der Waals surface area contributed by atoms with Gasteiger partial charge in [-0.3, -0.25) is 0 Å². The topological polar surface area (TPSA) is 96.3 Å². The lowest BCUT2D eigenvalue weighted by Crippen LogP contribution is -2.07. The molecule has 0 fully saturated rings. The van der Waals surface area contributed by atoms with Crippen molar-refractivity contribution in [3.05, 3.63) is 28.8 Å². The van der Waals surface area contributed by atoms with Gasteiger partial charge in [-0.2, -0.15) is 5.26 Å². The van der Waals surface area contributed by atoms with E-state index in [-0.39, 0.29) is 23.4 Å². The number of methoxy groups -OCH3 is 1. The van der Waals surface area contributed by atoms with Gasteiger partial charge >= 0.3 is 5.97 Å². The lowest BCUT2D eigenvalue weighted by atomic mass is 10.0. The Morgan fingerprint density at radius 2 is 2.33 bits per heavy atom. The quantitative estimate of drug-likeness (QED) is 0.759. The molecule has 0 spiro atoms. The first-order valence-corrected chi connectivity index (χ1v) is 4.18. The molecule has 15 heavy (non-hydrogen) atoms. The van der Waals surface area contributed by atoms with Gasteiger partial charge in [0.1, 0.15) is 11.3 Å². The van der Waals surface area contributed by atoms with Crippen LogP contribution in [0.1, 0.15) is 21.5 Å². The highest BCUT2D eigenvalue weighted by Gasteiger charge is 2.16. The Morgan fingerprint density at radius 3 is 2.73 bits per heavy atom. The molecule has 0 aliphatic rings. The molecule has 1 aromatic carbocycles. The molecule has 0 aromatic heterocycles. The lowest BCUT2D eigenvalue weighted by molar-refractivity contribution is 0.0693. The normalized spacial score (nSPS) is 9.40. The summed E-state index contributed by atoms with van der Waals surface area (Å²) in [5.74, 6) is -0.928. The second-order valence-electron chi connectivity index (χ2n) is 2.84. The van der Waals surface area contributed by atoms with E-state index in [1.807, 2.05) is 6.07 Å². The van der Waals surface area contributed by atoms with Crippen molar-refractivity contribution in [2.45, 2.75) is 6.54 Å². The monoisotopic (exact) mass is 206 g/mol. The molecule has 5 heteroatoms. The summed E-state index contributed by atoms with van der Waals surface area (Å²) in [7, 11) is 1.37. The number of aromatic carboxylic acids is 1. The molecule has 0 saturated carbocycles. The second kappa shape index (κ2) is 4.44. The van der Waals surface area contributed by atoms with Gasteiger partial charge in [-0.05, 0) is 12.1 Å². The molecular weight excluding hydrogens is 196 g/mol. The zero-order chi connectivity index (χ0) is 11.4. The minimum Gasteiger partial charge on any atom is -0.496 e. The van der Waals surface area contributed by atoms with Crippen LogP contribution in [0.15, 0.2) is 12.1 Å². The molecule has 0 aliphatic carbocycles. The van der Waals surface area contributed by atoms with E-state index in [4.69, 9.17) is 20.8 Å². The molecule has 1 rings (SSSR count). The maximum atomic E-state index is 10.9. The Kier molecular flexibility index (Phi) is 3.26. The lowest BCUT2D eigenvalue weighted by Gasteiger charge is -2.10. The van der Waals surface area contributed by atoms with E-state index in [1.54, 1.807) is 0 Å². The van der Waals surface area contributed by atoms with Gasteiger partial charge in [0.2, 0.25) is 0 Å². The number of hydrogen-bond acceptors (Lipinski definition) is 4. The van der Waals surface area contributed by atoms with Gasteiger partial charge in [0.15, 0.2) is 0 Å². The summed E-state index contributed by atoms with van der Waals surface area (Å²) in [6.07, 6.45) is 0. The van der Waals surface area contributed by atoms with Crippen LogP contribution >= 0.6 is 0 Å². The van der Waals surface area contributed by atoms with E-state index in [0.717, 1.165) is 0 Å². The fourth-order valence-electron chi connectivity index (χ4n) is 1.31. The summed E-state index contributed by atoms with van der Waals surface area (Å²) in [4.78, 5) is 10.9. The summed E-state index contributed by atoms with van der Waals surface area (Å²) in [6.45, 7) is 0.124. The van der Waals surface area contributed by atoms with Gasteiger partial charge in [0, 0.05) is 12.1 Å². The molecule has 3 N–H and O–H groups in total. The molecule has 1 aromatic rings. The van der Waals surface area contributed by atoms with Gasteiger partial charge in [0.05, 0.1) is 18.7 Å². The number of nitrogens with two attached hydrogens (primary N) is 1. The Morgan fingerprint density at radius 1 is 1.67 bits per heavy atom. The van der Waals surface area contributed by atoms with Crippen LogP contribution in [0.2, 0.25) is 0 Å². The van der Waals surface area contributed by atoms with Gasteiger partial charge in [0.25, 0.3) is 0 Å². The average Bonchev–Trinajstić information content (AvgIpc) is 2.26. The minimum atomic E-state index is -1.14. The van der Waals surface area contributed by atoms with E-state index >= 15 is 0 Å². The Balaban J connectivity index is 3.47. The smallest absolute Gasteiger partial charge is 0.339 e. The molecule has 0 heterocycles. The molecule has 0 amide bonds. The van der Waals surface area contributed by atoms with Crippen molar-refractivity contribution in [2.75, 3.05) is 7.11 Å². The highest BCUT2D eigenvalue weighted by Crippen LogP contribution is 2.25. The van der Waals surface area contributed by atoms with Crippen molar-refractivity contribution in [2.24, 2.45) is 5.73 Å². The number of nitriles is 1. The molecule has 5 nitrogen and oxygen atoms in total. The number of carboxylic acids is 1. The number of carboxylic acid groups (broad SMARTS) is 1. The maximum absolute atomic E-state index is 10.9. The first kappa shape index (κ1) is 11.0. The Labute approximate surface area is 86.7 Å². The Hall–Kier alpha value is -2.06. The van der Waals surface area contributed by atoms with E-state index in [2.05, 4.69) is 0 Å². The Bertz CT molecular complexity index is 435. The molecule has 0 atom stereocenters. The summed E-state index contributed by atoms with van der Waals surface area (Å²) in [5, 5.41) is 17.6. The SMILES string of the molecule is COc1c(CN)cc(C#N)cc1C(=O)O. The minimum absolute atomic E-state index is 0.0444. The fraction of sp³-hybridized carbons (Fsp3) is 0.200. The van der Waals surface area contributed by atoms with Crippen LogP contribution in [0.25, 0.3) is 0 Å². The summed E-state index contributed by atoms with van der Waals surface area (Å²) < 4.78 is 4.96. The zero-order valence-electron chi connectivity index (χ0n) is 8.15.